The number of aliphatic hydroxyl groups is 1. The maximum absolute atomic E-state index is 12.2. The van der Waals surface area contributed by atoms with Crippen molar-refractivity contribution >= 4 is 16.0 Å². The number of nitrogens with zero attached hydrogens (tertiary/aromatic N) is 1. The fourth-order valence-corrected chi connectivity index (χ4v) is 4.43. The normalized spacial score (nSPS) is 20.3. The molecule has 0 unspecified atom stereocenters. The molecular formula is C21H31N3O8S. The monoisotopic (exact) mass is 485 g/mol. The molecule has 3 atom stereocenters. The summed E-state index contributed by atoms with van der Waals surface area (Å²) in [6, 6.07) is 0. The van der Waals surface area contributed by atoms with Crippen LogP contribution >= 0.6 is 0 Å². The van der Waals surface area contributed by atoms with Crippen molar-refractivity contribution < 1.29 is 27.8 Å². The Morgan fingerprint density at radius 2 is 2.06 bits per heavy atom. The number of rotatable bonds is 11. The molecule has 1 aromatic rings. The van der Waals surface area contributed by atoms with Gasteiger partial charge in [0.05, 0.1) is 18.9 Å². The third kappa shape index (κ3) is 8.43. The van der Waals surface area contributed by atoms with Crippen molar-refractivity contribution in [2.24, 2.45) is 0 Å². The van der Waals surface area contributed by atoms with Gasteiger partial charge in [-0.2, -0.15) is 0 Å². The van der Waals surface area contributed by atoms with Crippen molar-refractivity contribution in [3.05, 3.63) is 32.6 Å². The number of aliphatic hydroxyl groups excluding tert-OH is 1. The lowest BCUT2D eigenvalue weighted by Gasteiger charge is -2.15. The molecule has 0 saturated carbocycles. The van der Waals surface area contributed by atoms with Crippen LogP contribution in [-0.4, -0.2) is 60.2 Å². The summed E-state index contributed by atoms with van der Waals surface area (Å²) in [6.07, 6.45) is 3.41. The molecule has 1 aliphatic rings. The van der Waals surface area contributed by atoms with Gasteiger partial charge in [-0.1, -0.05) is 44.4 Å². The number of hydrogen-bond acceptors (Lipinski definition) is 8. The second-order valence-corrected chi connectivity index (χ2v) is 9.69. The molecule has 0 radical (unpaired) electrons. The quantitative estimate of drug-likeness (QED) is 0.224. The van der Waals surface area contributed by atoms with E-state index in [1.54, 1.807) is 0 Å². The maximum Gasteiger partial charge on any atom is 0.330 e. The highest BCUT2D eigenvalue weighted by atomic mass is 32.2. The zero-order chi connectivity index (χ0) is 24.4. The van der Waals surface area contributed by atoms with E-state index < -0.39 is 52.3 Å². The van der Waals surface area contributed by atoms with Gasteiger partial charge in [0.15, 0.2) is 0 Å². The first kappa shape index (κ1) is 26.8. The Hall–Kier alpha value is -2.46. The summed E-state index contributed by atoms with van der Waals surface area (Å²) in [5.74, 6) is 4.60. The minimum atomic E-state index is -3.47. The number of esters is 1. The van der Waals surface area contributed by atoms with Gasteiger partial charge >= 0.3 is 11.7 Å². The van der Waals surface area contributed by atoms with Gasteiger partial charge in [-0.15, -0.1) is 0 Å². The van der Waals surface area contributed by atoms with E-state index in [0.29, 0.717) is 6.42 Å². The highest BCUT2D eigenvalue weighted by Gasteiger charge is 2.38. The average molecular weight is 486 g/mol. The molecule has 0 amide bonds. The van der Waals surface area contributed by atoms with Crippen LogP contribution < -0.4 is 16.0 Å². The van der Waals surface area contributed by atoms with Crippen LogP contribution in [0.5, 0.6) is 0 Å². The number of hydrogen-bond donors (Lipinski definition) is 3. The third-order valence-corrected chi connectivity index (χ3v) is 6.49. The SMILES string of the molecule is CCCCCCCS(=O)(=O)NCC#Cc1cn([C@H]2C[C@H](OC(C)=O)[C@@H](CO)O2)c(=O)[nH]c1=O. The number of ether oxygens (including phenoxy) is 2. The Labute approximate surface area is 192 Å². The molecule has 12 heteroatoms. The second-order valence-electron chi connectivity index (χ2n) is 7.76. The van der Waals surface area contributed by atoms with E-state index >= 15 is 0 Å². The summed E-state index contributed by atoms with van der Waals surface area (Å²) >= 11 is 0. The van der Waals surface area contributed by atoms with Crippen LogP contribution in [0.1, 0.15) is 64.2 Å². The van der Waals surface area contributed by atoms with Gasteiger partial charge in [0, 0.05) is 19.5 Å². The summed E-state index contributed by atoms with van der Waals surface area (Å²) in [7, 11) is -3.47. The summed E-state index contributed by atoms with van der Waals surface area (Å²) in [4.78, 5) is 37.7. The smallest absolute Gasteiger partial charge is 0.330 e. The summed E-state index contributed by atoms with van der Waals surface area (Å²) in [5, 5.41) is 9.44. The number of aromatic amines is 1. The number of unbranched alkanes of at least 4 members (excludes halogenated alkanes) is 4. The average Bonchev–Trinajstić information content (AvgIpc) is 3.14. The van der Waals surface area contributed by atoms with Crippen molar-refractivity contribution in [3.8, 4) is 11.8 Å². The van der Waals surface area contributed by atoms with Gasteiger partial charge in [0.2, 0.25) is 10.0 Å². The Kier molecular flexibility index (Phi) is 10.3. The zero-order valence-corrected chi connectivity index (χ0v) is 19.7. The van der Waals surface area contributed by atoms with Gasteiger partial charge in [0.1, 0.15) is 24.0 Å². The Balaban J connectivity index is 2.04. The van der Waals surface area contributed by atoms with Crippen molar-refractivity contribution in [2.45, 2.75) is 70.8 Å². The molecule has 1 aromatic heterocycles. The molecule has 0 spiro atoms. The van der Waals surface area contributed by atoms with Gasteiger partial charge in [-0.25, -0.2) is 17.9 Å². The van der Waals surface area contributed by atoms with E-state index in [1.165, 1.54) is 13.1 Å². The molecule has 1 saturated heterocycles. The maximum atomic E-state index is 12.2. The first-order valence-corrected chi connectivity index (χ1v) is 12.6. The highest BCUT2D eigenvalue weighted by molar-refractivity contribution is 7.89. The summed E-state index contributed by atoms with van der Waals surface area (Å²) < 4.78 is 38.2. The minimum Gasteiger partial charge on any atom is -0.460 e. The van der Waals surface area contributed by atoms with E-state index in [0.717, 1.165) is 30.3 Å². The van der Waals surface area contributed by atoms with Crippen molar-refractivity contribution in [1.82, 2.24) is 14.3 Å². The molecule has 0 bridgehead atoms. The number of H-pyrrole nitrogens is 1. The predicted octanol–water partition coefficient (Wildman–Crippen LogP) is -0.0106. The van der Waals surface area contributed by atoms with Crippen LogP contribution in [-0.2, 0) is 24.3 Å². The van der Waals surface area contributed by atoms with Crippen LogP contribution in [0.15, 0.2) is 15.8 Å². The largest absolute Gasteiger partial charge is 0.460 e. The molecular weight excluding hydrogens is 454 g/mol. The molecule has 184 valence electrons. The van der Waals surface area contributed by atoms with Crippen molar-refractivity contribution in [1.29, 1.82) is 0 Å². The first-order valence-electron chi connectivity index (χ1n) is 10.9. The molecule has 2 heterocycles. The molecule has 11 nitrogen and oxygen atoms in total. The van der Waals surface area contributed by atoms with Crippen LogP contribution in [0.3, 0.4) is 0 Å². The number of carbonyl (C=O) groups excluding carboxylic acids is 1. The molecule has 0 aromatic carbocycles. The fourth-order valence-electron chi connectivity index (χ4n) is 3.41. The lowest BCUT2D eigenvalue weighted by Crippen LogP contribution is -2.33. The van der Waals surface area contributed by atoms with Gasteiger partial charge < -0.3 is 14.6 Å². The van der Waals surface area contributed by atoms with E-state index in [4.69, 9.17) is 9.47 Å². The lowest BCUT2D eigenvalue weighted by atomic mass is 10.2. The molecule has 1 aliphatic heterocycles. The number of nitrogens with one attached hydrogen (secondary N) is 2. The molecule has 1 fully saturated rings. The van der Waals surface area contributed by atoms with Crippen molar-refractivity contribution in [3.63, 3.8) is 0 Å². The fraction of sp³-hybridized carbons (Fsp3) is 0.667. The van der Waals surface area contributed by atoms with E-state index in [2.05, 4.69) is 28.5 Å². The van der Waals surface area contributed by atoms with Crippen LogP contribution in [0.4, 0.5) is 0 Å². The van der Waals surface area contributed by atoms with E-state index in [9.17, 15) is 27.9 Å². The number of sulfonamides is 1. The van der Waals surface area contributed by atoms with E-state index in [-0.39, 0.29) is 24.3 Å². The molecule has 33 heavy (non-hydrogen) atoms. The van der Waals surface area contributed by atoms with Gasteiger partial charge in [0.25, 0.3) is 5.56 Å². The number of aromatic nitrogens is 2. The first-order chi connectivity index (χ1) is 15.7. The second kappa shape index (κ2) is 12.7. The lowest BCUT2D eigenvalue weighted by molar-refractivity contribution is -0.150. The van der Waals surface area contributed by atoms with E-state index in [1.807, 2.05) is 0 Å². The Bertz CT molecular complexity index is 1080. The topological polar surface area (TPSA) is 157 Å². The molecule has 0 aliphatic carbocycles. The summed E-state index contributed by atoms with van der Waals surface area (Å²) in [5.41, 5.74) is -1.54. The minimum absolute atomic E-state index is 0.0123. The van der Waals surface area contributed by atoms with Gasteiger partial charge in [-0.05, 0) is 6.42 Å². The Morgan fingerprint density at radius 3 is 2.73 bits per heavy atom. The Morgan fingerprint density at radius 1 is 1.33 bits per heavy atom. The summed E-state index contributed by atoms with van der Waals surface area (Å²) in [6.45, 7) is 2.71. The van der Waals surface area contributed by atoms with Crippen LogP contribution in [0, 0.1) is 11.8 Å². The predicted molar refractivity (Wildman–Crippen MR) is 120 cm³/mol. The third-order valence-electron chi connectivity index (χ3n) is 5.08. The standard InChI is InChI=1S/C21H31N3O8S/c1-3-4-5-6-7-11-33(29,30)22-10-8-9-16-13-24(21(28)23-20(16)27)19-12-17(31-15(2)26)18(14-25)32-19/h13,17-19,22,25H,3-7,10-12,14H2,1-2H3,(H,23,27,28)/t17-,18+,19+/m0/s1. The highest BCUT2D eigenvalue weighted by Crippen LogP contribution is 2.29. The number of carbonyl (C=O) groups is 1. The molecule has 3 N–H and O–H groups in total. The van der Waals surface area contributed by atoms with Crippen LogP contribution in [0.25, 0.3) is 0 Å². The van der Waals surface area contributed by atoms with Crippen LogP contribution in [0.2, 0.25) is 0 Å². The van der Waals surface area contributed by atoms with Crippen molar-refractivity contribution in [2.75, 3.05) is 18.9 Å². The molecule has 2 rings (SSSR count). The zero-order valence-electron chi connectivity index (χ0n) is 18.8. The van der Waals surface area contributed by atoms with Gasteiger partial charge in [-0.3, -0.25) is 19.1 Å².